The van der Waals surface area contributed by atoms with Gasteiger partial charge in [-0.15, -0.1) is 0 Å². The average Bonchev–Trinajstić information content (AvgIpc) is 2.75. The van der Waals surface area contributed by atoms with Crippen molar-refractivity contribution in [2.24, 2.45) is 0 Å². The topological polar surface area (TPSA) is 23.5 Å². The van der Waals surface area contributed by atoms with Gasteiger partial charge in [0, 0.05) is 0 Å². The first-order valence-corrected chi connectivity index (χ1v) is 5.41. The van der Waals surface area contributed by atoms with Gasteiger partial charge in [-0.05, 0) is 43.6 Å². The van der Waals surface area contributed by atoms with E-state index < -0.39 is 0 Å². The largest absolute Gasteiger partial charge is 0.394 e. The summed E-state index contributed by atoms with van der Waals surface area (Å²) in [6.45, 7) is 2.16. The van der Waals surface area contributed by atoms with E-state index in [-0.39, 0.29) is 18.5 Å². The second kappa shape index (κ2) is 4.73. The number of rotatable bonds is 3. The second-order valence-corrected chi connectivity index (χ2v) is 3.99. The summed E-state index contributed by atoms with van der Waals surface area (Å²) in [4.78, 5) is 2.26. The van der Waals surface area contributed by atoms with E-state index in [1.807, 2.05) is 0 Å². The van der Waals surface area contributed by atoms with E-state index >= 15 is 0 Å². The van der Waals surface area contributed by atoms with Crippen LogP contribution in [-0.4, -0.2) is 29.7 Å². The number of aliphatic hydroxyl groups excluding tert-OH is 1. The lowest BCUT2D eigenvalue weighted by molar-refractivity contribution is 0.147. The van der Waals surface area contributed by atoms with Gasteiger partial charge in [0.05, 0.1) is 12.6 Å². The number of nitrogens with zero attached hydrogens (tertiary/aromatic N) is 1. The van der Waals surface area contributed by atoms with Gasteiger partial charge >= 0.3 is 0 Å². The van der Waals surface area contributed by atoms with Crippen LogP contribution in [0.2, 0.25) is 0 Å². The van der Waals surface area contributed by atoms with Gasteiger partial charge in [-0.2, -0.15) is 0 Å². The molecule has 0 amide bonds. The zero-order valence-corrected chi connectivity index (χ0v) is 8.69. The van der Waals surface area contributed by atoms with Crippen molar-refractivity contribution in [3.63, 3.8) is 0 Å². The predicted octanol–water partition coefficient (Wildman–Crippen LogP) is 1.95. The molecule has 1 N–H and O–H groups in total. The lowest BCUT2D eigenvalue weighted by atomic mass is 10.1. The summed E-state index contributed by atoms with van der Waals surface area (Å²) < 4.78 is 12.8. The van der Waals surface area contributed by atoms with Gasteiger partial charge in [0.15, 0.2) is 0 Å². The maximum absolute atomic E-state index is 12.8. The Kier molecular flexibility index (Phi) is 3.34. The molecule has 0 bridgehead atoms. The molecule has 0 unspecified atom stereocenters. The third-order valence-corrected chi connectivity index (χ3v) is 3.01. The molecule has 1 fully saturated rings. The van der Waals surface area contributed by atoms with Gasteiger partial charge in [0.2, 0.25) is 0 Å². The lowest BCUT2D eigenvalue weighted by Crippen LogP contribution is -2.28. The zero-order chi connectivity index (χ0) is 10.7. The van der Waals surface area contributed by atoms with E-state index in [0.717, 1.165) is 18.7 Å². The Bertz CT molecular complexity index is 306. The molecule has 1 saturated heterocycles. The maximum Gasteiger partial charge on any atom is 0.123 e. The number of hydrogen-bond donors (Lipinski definition) is 1. The molecule has 2 nitrogen and oxygen atoms in total. The predicted molar refractivity (Wildman–Crippen MR) is 57.0 cm³/mol. The number of halogens is 1. The molecule has 0 radical (unpaired) electrons. The van der Waals surface area contributed by atoms with E-state index in [4.69, 9.17) is 0 Å². The van der Waals surface area contributed by atoms with Crippen molar-refractivity contribution in [2.45, 2.75) is 18.9 Å². The fourth-order valence-electron chi connectivity index (χ4n) is 2.17. The molecule has 3 heteroatoms. The van der Waals surface area contributed by atoms with Crippen molar-refractivity contribution in [3.8, 4) is 0 Å². The fraction of sp³-hybridized carbons (Fsp3) is 0.500. The molecule has 0 aliphatic carbocycles. The first-order chi connectivity index (χ1) is 7.31. The first-order valence-electron chi connectivity index (χ1n) is 5.41. The molecule has 15 heavy (non-hydrogen) atoms. The van der Waals surface area contributed by atoms with Crippen molar-refractivity contribution >= 4 is 0 Å². The van der Waals surface area contributed by atoms with E-state index in [9.17, 15) is 9.50 Å². The summed E-state index contributed by atoms with van der Waals surface area (Å²) in [6.07, 6.45) is 2.38. The van der Waals surface area contributed by atoms with Crippen LogP contribution in [0.25, 0.3) is 0 Å². The van der Waals surface area contributed by atoms with Gasteiger partial charge in [0.1, 0.15) is 5.82 Å². The molecule has 1 aromatic carbocycles. The molecule has 82 valence electrons. The SMILES string of the molecule is OC[C@@H](c1ccc(F)cc1)N1CCCC1. The average molecular weight is 209 g/mol. The molecule has 1 aliphatic rings. The molecule has 0 saturated carbocycles. The van der Waals surface area contributed by atoms with Crippen LogP contribution in [0.5, 0.6) is 0 Å². The van der Waals surface area contributed by atoms with Crippen LogP contribution < -0.4 is 0 Å². The quantitative estimate of drug-likeness (QED) is 0.822. The highest BCUT2D eigenvalue weighted by molar-refractivity contribution is 5.20. The highest BCUT2D eigenvalue weighted by Gasteiger charge is 2.22. The first kappa shape index (κ1) is 10.6. The Morgan fingerprint density at radius 1 is 1.20 bits per heavy atom. The van der Waals surface area contributed by atoms with Crippen LogP contribution >= 0.6 is 0 Å². The highest BCUT2D eigenvalue weighted by atomic mass is 19.1. The summed E-state index contributed by atoms with van der Waals surface area (Å²) in [5.41, 5.74) is 1.00. The van der Waals surface area contributed by atoms with Crippen LogP contribution in [0.3, 0.4) is 0 Å². The number of benzene rings is 1. The van der Waals surface area contributed by atoms with Gasteiger partial charge in [-0.3, -0.25) is 4.90 Å². The van der Waals surface area contributed by atoms with Crippen LogP contribution in [0.4, 0.5) is 4.39 Å². The van der Waals surface area contributed by atoms with E-state index in [1.54, 1.807) is 12.1 Å². The Hall–Kier alpha value is -0.930. The molecular weight excluding hydrogens is 193 g/mol. The Labute approximate surface area is 89.3 Å². The number of aliphatic hydroxyl groups is 1. The summed E-state index contributed by atoms with van der Waals surface area (Å²) in [5.74, 6) is -0.225. The van der Waals surface area contributed by atoms with E-state index in [0.29, 0.717) is 0 Å². The summed E-state index contributed by atoms with van der Waals surface area (Å²) in [5, 5.41) is 9.37. The third kappa shape index (κ3) is 2.36. The number of hydrogen-bond acceptors (Lipinski definition) is 2. The van der Waals surface area contributed by atoms with Gasteiger partial charge in [-0.25, -0.2) is 4.39 Å². The lowest BCUT2D eigenvalue weighted by Gasteiger charge is -2.25. The summed E-state index contributed by atoms with van der Waals surface area (Å²) in [6, 6.07) is 6.46. The Morgan fingerprint density at radius 3 is 2.33 bits per heavy atom. The monoisotopic (exact) mass is 209 g/mol. The minimum Gasteiger partial charge on any atom is -0.394 e. The molecule has 0 aromatic heterocycles. The smallest absolute Gasteiger partial charge is 0.123 e. The van der Waals surface area contributed by atoms with E-state index in [1.165, 1.54) is 25.0 Å². The van der Waals surface area contributed by atoms with Crippen LogP contribution in [0.1, 0.15) is 24.4 Å². The van der Waals surface area contributed by atoms with E-state index in [2.05, 4.69) is 4.90 Å². The van der Waals surface area contributed by atoms with Crippen molar-refractivity contribution in [1.82, 2.24) is 4.90 Å². The van der Waals surface area contributed by atoms with Gasteiger partial charge < -0.3 is 5.11 Å². The highest BCUT2D eigenvalue weighted by Crippen LogP contribution is 2.24. The minimum absolute atomic E-state index is 0.0353. The standard InChI is InChI=1S/C12H16FNO/c13-11-5-3-10(4-6-11)12(9-15)14-7-1-2-8-14/h3-6,12,15H,1-2,7-9H2/t12-/m0/s1. The third-order valence-electron chi connectivity index (χ3n) is 3.01. The van der Waals surface area contributed by atoms with Crippen LogP contribution in [0.15, 0.2) is 24.3 Å². The molecule has 0 spiro atoms. The summed E-state index contributed by atoms with van der Waals surface area (Å²) >= 11 is 0. The molecule has 1 atom stereocenters. The van der Waals surface area contributed by atoms with Crippen LogP contribution in [-0.2, 0) is 0 Å². The fourth-order valence-corrected chi connectivity index (χ4v) is 2.17. The Morgan fingerprint density at radius 2 is 1.80 bits per heavy atom. The molecular formula is C12H16FNO. The maximum atomic E-state index is 12.8. The normalized spacial score (nSPS) is 19.3. The molecule has 2 rings (SSSR count). The summed E-state index contributed by atoms with van der Waals surface area (Å²) in [7, 11) is 0. The van der Waals surface area contributed by atoms with Gasteiger partial charge in [0.25, 0.3) is 0 Å². The Balaban J connectivity index is 2.14. The van der Waals surface area contributed by atoms with Crippen molar-refractivity contribution in [1.29, 1.82) is 0 Å². The van der Waals surface area contributed by atoms with Crippen molar-refractivity contribution < 1.29 is 9.50 Å². The molecule has 1 aromatic rings. The van der Waals surface area contributed by atoms with Gasteiger partial charge in [-0.1, -0.05) is 12.1 Å². The van der Waals surface area contributed by atoms with Crippen molar-refractivity contribution in [3.05, 3.63) is 35.6 Å². The van der Waals surface area contributed by atoms with Crippen molar-refractivity contribution in [2.75, 3.05) is 19.7 Å². The zero-order valence-electron chi connectivity index (χ0n) is 8.69. The van der Waals surface area contributed by atoms with Crippen LogP contribution in [0, 0.1) is 5.82 Å². The second-order valence-electron chi connectivity index (χ2n) is 3.99. The minimum atomic E-state index is -0.225. The molecule has 1 aliphatic heterocycles. The number of likely N-dealkylation sites (tertiary alicyclic amines) is 1. The molecule has 1 heterocycles.